The highest BCUT2D eigenvalue weighted by Crippen LogP contribution is 2.07. The van der Waals surface area contributed by atoms with Gasteiger partial charge in [-0.1, -0.05) is 30.3 Å². The average Bonchev–Trinajstić information content (AvgIpc) is 3.03. The highest BCUT2D eigenvalue weighted by atomic mass is 32.1. The normalized spacial score (nSPS) is 10.3. The summed E-state index contributed by atoms with van der Waals surface area (Å²) in [6.07, 6.45) is 0. The number of rotatable bonds is 7. The molecule has 0 spiro atoms. The molecule has 2 amide bonds. The molecule has 0 radical (unpaired) electrons. The topological polar surface area (TPSA) is 50.4 Å². The van der Waals surface area contributed by atoms with Crippen molar-refractivity contribution in [2.45, 2.75) is 26.6 Å². The van der Waals surface area contributed by atoms with Crippen molar-refractivity contribution in [2.75, 3.05) is 6.61 Å². The first kappa shape index (κ1) is 15.5. The molecule has 0 aliphatic rings. The molecule has 1 aromatic heterocycles. The summed E-state index contributed by atoms with van der Waals surface area (Å²) in [7, 11) is 0. The van der Waals surface area contributed by atoms with E-state index in [4.69, 9.17) is 4.74 Å². The number of thiophene rings is 1. The number of urea groups is 1. The summed E-state index contributed by atoms with van der Waals surface area (Å²) in [5, 5.41) is 7.68. The van der Waals surface area contributed by atoms with Crippen LogP contribution >= 0.6 is 11.3 Å². The van der Waals surface area contributed by atoms with Crippen LogP contribution in [0.2, 0.25) is 0 Å². The lowest BCUT2D eigenvalue weighted by molar-refractivity contribution is 0.134. The van der Waals surface area contributed by atoms with E-state index in [1.807, 2.05) is 48.7 Å². The summed E-state index contributed by atoms with van der Waals surface area (Å²) in [6, 6.07) is 11.9. The van der Waals surface area contributed by atoms with Crippen LogP contribution in [0.15, 0.2) is 41.8 Å². The molecule has 0 saturated heterocycles. The van der Waals surface area contributed by atoms with Crippen LogP contribution in [0.1, 0.15) is 22.9 Å². The molecule has 0 saturated carbocycles. The van der Waals surface area contributed by atoms with E-state index < -0.39 is 0 Å². The largest absolute Gasteiger partial charge is 0.377 e. The molecule has 0 aliphatic heterocycles. The Morgan fingerprint density at radius 1 is 1.10 bits per heavy atom. The van der Waals surface area contributed by atoms with Crippen molar-refractivity contribution in [1.82, 2.24) is 10.6 Å². The molecule has 4 nitrogen and oxygen atoms in total. The summed E-state index contributed by atoms with van der Waals surface area (Å²) in [5.74, 6) is 0. The fourth-order valence-corrected chi connectivity index (χ4v) is 2.44. The van der Waals surface area contributed by atoms with E-state index in [0.29, 0.717) is 26.3 Å². The van der Waals surface area contributed by atoms with E-state index in [1.54, 1.807) is 11.3 Å². The predicted octanol–water partition coefficient (Wildman–Crippen LogP) is 3.28. The van der Waals surface area contributed by atoms with Crippen LogP contribution in [-0.4, -0.2) is 12.6 Å². The van der Waals surface area contributed by atoms with Crippen LogP contribution in [-0.2, 0) is 24.4 Å². The van der Waals surface area contributed by atoms with E-state index in [9.17, 15) is 4.79 Å². The van der Waals surface area contributed by atoms with E-state index in [-0.39, 0.29) is 6.03 Å². The molecule has 112 valence electrons. The minimum Gasteiger partial charge on any atom is -0.377 e. The molecule has 0 bridgehead atoms. The predicted molar refractivity (Wildman–Crippen MR) is 85.2 cm³/mol. The maximum Gasteiger partial charge on any atom is 0.315 e. The van der Waals surface area contributed by atoms with Gasteiger partial charge in [0.1, 0.15) is 0 Å². The van der Waals surface area contributed by atoms with Gasteiger partial charge in [-0.3, -0.25) is 0 Å². The lowest BCUT2D eigenvalue weighted by Crippen LogP contribution is -2.34. The van der Waals surface area contributed by atoms with Gasteiger partial charge >= 0.3 is 6.03 Å². The van der Waals surface area contributed by atoms with Gasteiger partial charge in [-0.05, 0) is 29.5 Å². The van der Waals surface area contributed by atoms with Crippen molar-refractivity contribution in [1.29, 1.82) is 0 Å². The quantitative estimate of drug-likeness (QED) is 0.824. The number of nitrogens with one attached hydrogen (secondary N) is 2. The SMILES string of the molecule is CCOCc1ccc(CNC(=O)NCc2cccs2)cc1. The van der Waals surface area contributed by atoms with Crippen LogP contribution in [0.5, 0.6) is 0 Å². The molecule has 1 aromatic carbocycles. The second kappa shape index (κ2) is 8.44. The fraction of sp³-hybridized carbons (Fsp3) is 0.312. The maximum absolute atomic E-state index is 11.7. The molecule has 2 aromatic rings. The Kier molecular flexibility index (Phi) is 6.24. The van der Waals surface area contributed by atoms with E-state index in [2.05, 4.69) is 10.6 Å². The Morgan fingerprint density at radius 2 is 1.81 bits per heavy atom. The first-order chi connectivity index (χ1) is 10.3. The Morgan fingerprint density at radius 3 is 2.48 bits per heavy atom. The molecular weight excluding hydrogens is 284 g/mol. The maximum atomic E-state index is 11.7. The number of amides is 2. The summed E-state index contributed by atoms with van der Waals surface area (Å²) in [6.45, 7) is 4.41. The molecule has 0 fully saturated rings. The average molecular weight is 304 g/mol. The summed E-state index contributed by atoms with van der Waals surface area (Å²) >= 11 is 1.63. The minimum absolute atomic E-state index is 0.151. The molecule has 0 atom stereocenters. The van der Waals surface area contributed by atoms with Crippen molar-refractivity contribution < 1.29 is 9.53 Å². The third kappa shape index (κ3) is 5.57. The van der Waals surface area contributed by atoms with Gasteiger partial charge < -0.3 is 15.4 Å². The van der Waals surface area contributed by atoms with Crippen LogP contribution < -0.4 is 10.6 Å². The van der Waals surface area contributed by atoms with E-state index in [0.717, 1.165) is 16.0 Å². The third-order valence-corrected chi connectivity index (χ3v) is 3.83. The van der Waals surface area contributed by atoms with Crippen molar-refractivity contribution >= 4 is 17.4 Å². The summed E-state index contributed by atoms with van der Waals surface area (Å²) < 4.78 is 5.35. The standard InChI is InChI=1S/C16H20N2O2S/c1-2-20-12-14-7-5-13(6-8-14)10-17-16(19)18-11-15-4-3-9-21-15/h3-9H,2,10-12H2,1H3,(H2,17,18,19). The van der Waals surface area contributed by atoms with Gasteiger partial charge in [0.2, 0.25) is 0 Å². The monoisotopic (exact) mass is 304 g/mol. The first-order valence-electron chi connectivity index (χ1n) is 6.97. The highest BCUT2D eigenvalue weighted by Gasteiger charge is 2.01. The second-order valence-electron chi connectivity index (χ2n) is 4.57. The zero-order valence-electron chi connectivity index (χ0n) is 12.1. The Balaban J connectivity index is 1.70. The molecular formula is C16H20N2O2S. The van der Waals surface area contributed by atoms with E-state index in [1.165, 1.54) is 0 Å². The number of carbonyl (C=O) groups is 1. The Bertz CT molecular complexity index is 538. The number of benzene rings is 1. The molecule has 0 unspecified atom stereocenters. The van der Waals surface area contributed by atoms with Crippen LogP contribution in [0.25, 0.3) is 0 Å². The first-order valence-corrected chi connectivity index (χ1v) is 7.85. The van der Waals surface area contributed by atoms with Crippen LogP contribution in [0.4, 0.5) is 4.79 Å². The molecule has 5 heteroatoms. The van der Waals surface area contributed by atoms with Gasteiger partial charge in [-0.25, -0.2) is 4.79 Å². The third-order valence-electron chi connectivity index (χ3n) is 2.95. The zero-order chi connectivity index (χ0) is 14.9. The highest BCUT2D eigenvalue weighted by molar-refractivity contribution is 7.09. The fourth-order valence-electron chi connectivity index (χ4n) is 1.80. The number of hydrogen-bond acceptors (Lipinski definition) is 3. The van der Waals surface area contributed by atoms with Crippen molar-refractivity contribution in [3.05, 3.63) is 57.8 Å². The number of hydrogen-bond donors (Lipinski definition) is 2. The van der Waals surface area contributed by atoms with E-state index >= 15 is 0 Å². The lowest BCUT2D eigenvalue weighted by atomic mass is 10.1. The van der Waals surface area contributed by atoms with Crippen LogP contribution in [0, 0.1) is 0 Å². The van der Waals surface area contributed by atoms with Gasteiger partial charge in [-0.2, -0.15) is 0 Å². The van der Waals surface area contributed by atoms with Crippen LogP contribution in [0.3, 0.4) is 0 Å². The smallest absolute Gasteiger partial charge is 0.315 e. The molecule has 2 rings (SSSR count). The van der Waals surface area contributed by atoms with Gasteiger partial charge in [0, 0.05) is 18.0 Å². The van der Waals surface area contributed by atoms with Gasteiger partial charge in [0.15, 0.2) is 0 Å². The molecule has 2 N–H and O–H groups in total. The van der Waals surface area contributed by atoms with Crippen molar-refractivity contribution in [2.24, 2.45) is 0 Å². The zero-order valence-corrected chi connectivity index (χ0v) is 12.9. The van der Waals surface area contributed by atoms with Gasteiger partial charge in [0.25, 0.3) is 0 Å². The molecule has 1 heterocycles. The minimum atomic E-state index is -0.151. The summed E-state index contributed by atoms with van der Waals surface area (Å²) in [5.41, 5.74) is 2.21. The molecule has 21 heavy (non-hydrogen) atoms. The number of ether oxygens (including phenoxy) is 1. The Labute approximate surface area is 129 Å². The lowest BCUT2D eigenvalue weighted by Gasteiger charge is -2.08. The van der Waals surface area contributed by atoms with Crippen molar-refractivity contribution in [3.8, 4) is 0 Å². The molecule has 0 aliphatic carbocycles. The van der Waals surface area contributed by atoms with Gasteiger partial charge in [-0.15, -0.1) is 11.3 Å². The van der Waals surface area contributed by atoms with Gasteiger partial charge in [0.05, 0.1) is 13.2 Å². The second-order valence-corrected chi connectivity index (χ2v) is 5.60. The Hall–Kier alpha value is -1.85. The van der Waals surface area contributed by atoms with Crippen molar-refractivity contribution in [3.63, 3.8) is 0 Å². The number of carbonyl (C=O) groups excluding carboxylic acids is 1. The summed E-state index contributed by atoms with van der Waals surface area (Å²) in [4.78, 5) is 12.8.